The highest BCUT2D eigenvalue weighted by molar-refractivity contribution is 7.86. The van der Waals surface area contributed by atoms with Crippen molar-refractivity contribution in [1.29, 1.82) is 0 Å². The van der Waals surface area contributed by atoms with Gasteiger partial charge in [-0.05, 0) is 26.2 Å². The second-order valence-electron chi connectivity index (χ2n) is 9.30. The van der Waals surface area contributed by atoms with Crippen LogP contribution in [0.3, 0.4) is 0 Å². The Bertz CT molecular complexity index is 696. The Kier molecular flexibility index (Phi) is 8.08. The fourth-order valence-electron chi connectivity index (χ4n) is 3.16. The van der Waals surface area contributed by atoms with Crippen molar-refractivity contribution in [2.24, 2.45) is 5.41 Å². The molecule has 0 aromatic heterocycles. The molecule has 11 heteroatoms. The maximum atomic E-state index is 12.3. The first-order valence-electron chi connectivity index (χ1n) is 9.34. The lowest BCUT2D eigenvalue weighted by molar-refractivity contribution is -0.152. The number of esters is 1. The molecule has 29 heavy (non-hydrogen) atoms. The van der Waals surface area contributed by atoms with Crippen LogP contribution in [0.5, 0.6) is 0 Å². The van der Waals surface area contributed by atoms with Crippen LogP contribution >= 0.6 is 0 Å². The zero-order chi connectivity index (χ0) is 22.8. The van der Waals surface area contributed by atoms with Crippen LogP contribution in [0, 0.1) is 5.41 Å². The van der Waals surface area contributed by atoms with Crippen LogP contribution < -0.4 is 5.32 Å². The Morgan fingerprint density at radius 3 is 2.14 bits per heavy atom. The average molecular weight is 439 g/mol. The second kappa shape index (κ2) is 9.15. The Hall–Kier alpha value is -1.43. The van der Waals surface area contributed by atoms with Gasteiger partial charge in [0, 0.05) is 13.0 Å². The third-order valence-corrected chi connectivity index (χ3v) is 4.95. The maximum Gasteiger partial charge on any atom is 0.408 e. The summed E-state index contributed by atoms with van der Waals surface area (Å²) in [4.78, 5) is 25.9. The van der Waals surface area contributed by atoms with Gasteiger partial charge in [-0.3, -0.25) is 13.9 Å². The minimum Gasteiger partial charge on any atom is -0.468 e. The molecular formula is C18H34N2O8S. The number of nitrogens with one attached hydrogen (secondary N) is 1. The number of rotatable bonds is 6. The highest BCUT2D eigenvalue weighted by atomic mass is 32.2. The summed E-state index contributed by atoms with van der Waals surface area (Å²) in [5, 5.41) is 13.7. The third-order valence-electron chi connectivity index (χ3n) is 4.33. The monoisotopic (exact) mass is 438 g/mol. The minimum absolute atomic E-state index is 0.0279. The number of carbonyl (C=O) groups excluding carboxylic acids is 2. The quantitative estimate of drug-likeness (QED) is 0.457. The molecule has 0 radical (unpaired) electrons. The van der Waals surface area contributed by atoms with Gasteiger partial charge < -0.3 is 19.9 Å². The van der Waals surface area contributed by atoms with Gasteiger partial charge in [-0.1, -0.05) is 20.8 Å². The summed E-state index contributed by atoms with van der Waals surface area (Å²) in [6.07, 6.45) is -1.92. The van der Waals surface area contributed by atoms with Crippen LogP contribution in [-0.4, -0.2) is 80.4 Å². The first-order chi connectivity index (χ1) is 12.9. The number of nitrogens with zero attached hydrogens (tertiary/aromatic N) is 1. The molecule has 1 rings (SSSR count). The molecule has 1 aliphatic rings. The molecule has 0 saturated carbocycles. The fraction of sp³-hybridized carbons (Fsp3) is 0.889. The number of aliphatic hydroxyl groups excluding tert-OH is 1. The number of aliphatic hydroxyl groups is 1. The van der Waals surface area contributed by atoms with Gasteiger partial charge in [-0.25, -0.2) is 4.79 Å². The van der Waals surface area contributed by atoms with Crippen molar-refractivity contribution in [3.8, 4) is 0 Å². The van der Waals surface area contributed by atoms with Crippen LogP contribution in [0.25, 0.3) is 0 Å². The van der Waals surface area contributed by atoms with Crippen LogP contribution in [0.2, 0.25) is 0 Å². The van der Waals surface area contributed by atoms with Crippen LogP contribution in [0.15, 0.2) is 0 Å². The Morgan fingerprint density at radius 1 is 1.17 bits per heavy atom. The number of likely N-dealkylation sites (tertiary alicyclic amines) is 1. The predicted octanol–water partition coefficient (Wildman–Crippen LogP) is 0.836. The van der Waals surface area contributed by atoms with Crippen molar-refractivity contribution in [2.75, 3.05) is 19.9 Å². The number of hydrogen-bond donors (Lipinski definition) is 2. The van der Waals surface area contributed by atoms with Crippen molar-refractivity contribution >= 4 is 22.2 Å². The first-order valence-corrected chi connectivity index (χ1v) is 11.2. The third kappa shape index (κ3) is 8.07. The summed E-state index contributed by atoms with van der Waals surface area (Å²) in [5.74, 6) is -0.631. The molecule has 1 fully saturated rings. The summed E-state index contributed by atoms with van der Waals surface area (Å²) in [7, 11) is -2.54. The summed E-state index contributed by atoms with van der Waals surface area (Å²) >= 11 is 0. The van der Waals surface area contributed by atoms with Gasteiger partial charge in [-0.15, -0.1) is 0 Å². The van der Waals surface area contributed by atoms with Crippen molar-refractivity contribution in [3.63, 3.8) is 0 Å². The molecule has 1 heterocycles. The molecule has 2 N–H and O–H groups in total. The van der Waals surface area contributed by atoms with E-state index < -0.39 is 57.6 Å². The first kappa shape index (κ1) is 25.6. The summed E-state index contributed by atoms with van der Waals surface area (Å²) in [6, 6.07) is -1.76. The largest absolute Gasteiger partial charge is 0.468 e. The molecule has 10 nitrogen and oxygen atoms in total. The summed E-state index contributed by atoms with van der Waals surface area (Å²) in [5.41, 5.74) is -1.35. The molecule has 170 valence electrons. The lowest BCUT2D eigenvalue weighted by Crippen LogP contribution is -2.60. The SMILES string of the molecule is COC(=O)[C@@H]1C[C@H](OS(C)(=O)=O)CN1C(O)[C@@H](NC(=O)OC(C)(C)C)C(C)(C)C. The van der Waals surface area contributed by atoms with Crippen molar-refractivity contribution in [3.05, 3.63) is 0 Å². The summed E-state index contributed by atoms with van der Waals surface area (Å²) in [6.45, 7) is 10.6. The highest BCUT2D eigenvalue weighted by Gasteiger charge is 2.47. The number of methoxy groups -OCH3 is 1. The second-order valence-corrected chi connectivity index (χ2v) is 10.9. The molecule has 1 saturated heterocycles. The smallest absolute Gasteiger partial charge is 0.408 e. The van der Waals surface area contributed by atoms with Crippen molar-refractivity contribution < 1.29 is 36.8 Å². The summed E-state index contributed by atoms with van der Waals surface area (Å²) < 4.78 is 38.1. The van der Waals surface area contributed by atoms with E-state index in [-0.39, 0.29) is 13.0 Å². The van der Waals surface area contributed by atoms with Gasteiger partial charge in [0.05, 0.1) is 25.5 Å². The molecule has 4 atom stereocenters. The van der Waals surface area contributed by atoms with E-state index in [0.717, 1.165) is 6.26 Å². The van der Waals surface area contributed by atoms with Gasteiger partial charge >= 0.3 is 12.1 Å². The molecule has 0 bridgehead atoms. The molecule has 1 unspecified atom stereocenters. The highest BCUT2D eigenvalue weighted by Crippen LogP contribution is 2.30. The van der Waals surface area contributed by atoms with E-state index in [0.29, 0.717) is 0 Å². The maximum absolute atomic E-state index is 12.3. The standard InChI is InChI=1S/C18H34N2O8S/c1-17(2,3)13(19-16(23)27-18(4,5)6)14(21)20-10-11(28-29(8,24)25)9-12(20)15(22)26-7/h11-14,21H,9-10H2,1-8H3,(H,19,23)/t11-,12-,13+,14?/m0/s1. The lowest BCUT2D eigenvalue weighted by atomic mass is 9.85. The van der Waals surface area contributed by atoms with Gasteiger partial charge in [0.1, 0.15) is 17.9 Å². The molecular weight excluding hydrogens is 404 g/mol. The normalized spacial score (nSPS) is 23.3. The van der Waals surface area contributed by atoms with E-state index >= 15 is 0 Å². The van der Waals surface area contributed by atoms with Gasteiger partial charge in [0.25, 0.3) is 10.1 Å². The molecule has 1 aliphatic heterocycles. The number of hydrogen-bond acceptors (Lipinski definition) is 9. The van der Waals surface area contributed by atoms with E-state index in [1.54, 1.807) is 20.8 Å². The Balaban J connectivity index is 3.11. The van der Waals surface area contributed by atoms with Crippen molar-refractivity contribution in [1.82, 2.24) is 10.2 Å². The van der Waals surface area contributed by atoms with E-state index in [1.807, 2.05) is 20.8 Å². The number of carbonyl (C=O) groups is 2. The van der Waals surface area contributed by atoms with Gasteiger partial charge in [0.15, 0.2) is 0 Å². The lowest BCUT2D eigenvalue weighted by Gasteiger charge is -2.40. The van der Waals surface area contributed by atoms with E-state index in [1.165, 1.54) is 12.0 Å². The minimum atomic E-state index is -3.75. The number of ether oxygens (including phenoxy) is 2. The van der Waals surface area contributed by atoms with E-state index in [9.17, 15) is 23.1 Å². The van der Waals surface area contributed by atoms with Gasteiger partial charge in [-0.2, -0.15) is 8.42 Å². The number of alkyl carbamates (subject to hydrolysis) is 1. The Labute approximate surface area is 173 Å². The molecule has 0 aliphatic carbocycles. The van der Waals surface area contributed by atoms with Crippen LogP contribution in [0.4, 0.5) is 4.79 Å². The van der Waals surface area contributed by atoms with Crippen LogP contribution in [0.1, 0.15) is 48.0 Å². The molecule has 0 aromatic carbocycles. The number of amides is 1. The van der Waals surface area contributed by atoms with E-state index in [4.69, 9.17) is 13.7 Å². The predicted molar refractivity (Wildman–Crippen MR) is 105 cm³/mol. The van der Waals surface area contributed by atoms with Crippen LogP contribution in [-0.2, 0) is 28.6 Å². The Morgan fingerprint density at radius 2 is 1.72 bits per heavy atom. The topological polar surface area (TPSA) is 131 Å². The molecule has 1 amide bonds. The van der Waals surface area contributed by atoms with Crippen molar-refractivity contribution in [2.45, 2.75) is 78.0 Å². The zero-order valence-electron chi connectivity index (χ0n) is 18.4. The van der Waals surface area contributed by atoms with E-state index in [2.05, 4.69) is 5.32 Å². The fourth-order valence-corrected chi connectivity index (χ4v) is 3.80. The van der Waals surface area contributed by atoms with Gasteiger partial charge in [0.2, 0.25) is 0 Å². The molecule has 0 aromatic rings. The zero-order valence-corrected chi connectivity index (χ0v) is 19.2. The molecule has 0 spiro atoms. The average Bonchev–Trinajstić information content (AvgIpc) is 2.90.